The molecule has 94 valence electrons. The Bertz CT molecular complexity index is 384. The second-order valence-electron chi connectivity index (χ2n) is 4.72. The number of anilines is 2. The van der Waals surface area contributed by atoms with Gasteiger partial charge in [-0.3, -0.25) is 0 Å². The SMILES string of the molecule is Nc1ccc(F)cc1NCC1CCCCC1O. The van der Waals surface area contributed by atoms with Crippen molar-refractivity contribution < 1.29 is 9.50 Å². The molecule has 0 saturated heterocycles. The van der Waals surface area contributed by atoms with Crippen LogP contribution >= 0.6 is 0 Å². The molecular weight excluding hydrogens is 219 g/mol. The van der Waals surface area contributed by atoms with Crippen molar-refractivity contribution in [3.63, 3.8) is 0 Å². The van der Waals surface area contributed by atoms with Crippen LogP contribution in [0.5, 0.6) is 0 Å². The fraction of sp³-hybridized carbons (Fsp3) is 0.538. The van der Waals surface area contributed by atoms with E-state index in [1.165, 1.54) is 12.1 Å². The van der Waals surface area contributed by atoms with Gasteiger partial charge in [-0.15, -0.1) is 0 Å². The van der Waals surface area contributed by atoms with Crippen LogP contribution in [0.4, 0.5) is 15.8 Å². The third-order valence-corrected chi connectivity index (χ3v) is 3.44. The molecule has 2 rings (SSSR count). The van der Waals surface area contributed by atoms with Gasteiger partial charge in [0.25, 0.3) is 0 Å². The van der Waals surface area contributed by atoms with E-state index < -0.39 is 0 Å². The van der Waals surface area contributed by atoms with Gasteiger partial charge >= 0.3 is 0 Å². The van der Waals surface area contributed by atoms with Gasteiger partial charge in [-0.1, -0.05) is 12.8 Å². The molecule has 1 aliphatic rings. The van der Waals surface area contributed by atoms with E-state index in [2.05, 4.69) is 5.32 Å². The van der Waals surface area contributed by atoms with E-state index in [9.17, 15) is 9.50 Å². The van der Waals surface area contributed by atoms with Crippen LogP contribution in [0.1, 0.15) is 25.7 Å². The predicted molar refractivity (Wildman–Crippen MR) is 67.3 cm³/mol. The highest BCUT2D eigenvalue weighted by atomic mass is 19.1. The molecular formula is C13H19FN2O. The number of hydrogen-bond donors (Lipinski definition) is 3. The standard InChI is InChI=1S/C13H19FN2O/c14-10-5-6-11(15)12(7-10)16-8-9-3-1-2-4-13(9)17/h5-7,9,13,16-17H,1-4,8,15H2. The van der Waals surface area contributed by atoms with E-state index in [0.29, 0.717) is 17.9 Å². The molecule has 4 N–H and O–H groups in total. The molecule has 0 aliphatic heterocycles. The van der Waals surface area contributed by atoms with Crippen LogP contribution in [-0.2, 0) is 0 Å². The molecule has 3 nitrogen and oxygen atoms in total. The fourth-order valence-electron chi connectivity index (χ4n) is 2.35. The number of aliphatic hydroxyl groups is 1. The van der Waals surface area contributed by atoms with Crippen molar-refractivity contribution in [1.29, 1.82) is 0 Å². The number of nitrogens with two attached hydrogens (primary N) is 1. The number of nitrogen functional groups attached to an aromatic ring is 1. The number of hydrogen-bond acceptors (Lipinski definition) is 3. The monoisotopic (exact) mass is 238 g/mol. The fourth-order valence-corrected chi connectivity index (χ4v) is 2.35. The van der Waals surface area contributed by atoms with Gasteiger partial charge in [-0.2, -0.15) is 0 Å². The molecule has 0 aromatic heterocycles. The minimum absolute atomic E-state index is 0.242. The third kappa shape index (κ3) is 3.09. The summed E-state index contributed by atoms with van der Waals surface area (Å²) in [6.07, 6.45) is 3.89. The quantitative estimate of drug-likeness (QED) is 0.708. The summed E-state index contributed by atoms with van der Waals surface area (Å²) in [6.45, 7) is 0.648. The molecule has 4 heteroatoms. The van der Waals surface area contributed by atoms with E-state index in [4.69, 9.17) is 5.73 Å². The molecule has 1 aliphatic carbocycles. The lowest BCUT2D eigenvalue weighted by atomic mass is 9.86. The summed E-state index contributed by atoms with van der Waals surface area (Å²) in [6, 6.07) is 4.29. The molecule has 0 radical (unpaired) electrons. The predicted octanol–water partition coefficient (Wildman–Crippen LogP) is 2.37. The molecule has 0 spiro atoms. The van der Waals surface area contributed by atoms with E-state index in [1.54, 1.807) is 6.07 Å². The van der Waals surface area contributed by atoms with Crippen molar-refractivity contribution in [2.75, 3.05) is 17.6 Å². The lowest BCUT2D eigenvalue weighted by molar-refractivity contribution is 0.0763. The summed E-state index contributed by atoms with van der Waals surface area (Å²) in [7, 11) is 0. The number of nitrogens with one attached hydrogen (secondary N) is 1. The molecule has 0 heterocycles. The Hall–Kier alpha value is -1.29. The lowest BCUT2D eigenvalue weighted by Crippen LogP contribution is -2.30. The van der Waals surface area contributed by atoms with Gasteiger partial charge in [0, 0.05) is 12.5 Å². The van der Waals surface area contributed by atoms with E-state index in [-0.39, 0.29) is 17.8 Å². The van der Waals surface area contributed by atoms with Crippen LogP contribution in [0, 0.1) is 11.7 Å². The Balaban J connectivity index is 1.94. The second-order valence-corrected chi connectivity index (χ2v) is 4.72. The number of halogens is 1. The Morgan fingerprint density at radius 2 is 2.12 bits per heavy atom. The summed E-state index contributed by atoms with van der Waals surface area (Å²) >= 11 is 0. The molecule has 1 saturated carbocycles. The van der Waals surface area contributed by atoms with Crippen molar-refractivity contribution in [3.8, 4) is 0 Å². The van der Waals surface area contributed by atoms with E-state index >= 15 is 0 Å². The zero-order chi connectivity index (χ0) is 12.3. The number of rotatable bonds is 3. The number of benzene rings is 1. The van der Waals surface area contributed by atoms with Gasteiger partial charge in [0.1, 0.15) is 5.82 Å². The Kier molecular flexibility index (Phi) is 3.84. The summed E-state index contributed by atoms with van der Waals surface area (Å²) in [4.78, 5) is 0. The Morgan fingerprint density at radius 3 is 2.88 bits per heavy atom. The van der Waals surface area contributed by atoms with Crippen LogP contribution in [0.2, 0.25) is 0 Å². The summed E-state index contributed by atoms with van der Waals surface area (Å²) in [5.74, 6) is -0.0580. The third-order valence-electron chi connectivity index (χ3n) is 3.44. The Morgan fingerprint density at radius 1 is 1.35 bits per heavy atom. The molecule has 17 heavy (non-hydrogen) atoms. The maximum Gasteiger partial charge on any atom is 0.125 e. The molecule has 0 amide bonds. The van der Waals surface area contributed by atoms with Crippen LogP contribution in [0.15, 0.2) is 18.2 Å². The van der Waals surface area contributed by atoms with E-state index in [1.807, 2.05) is 0 Å². The van der Waals surface area contributed by atoms with Crippen molar-refractivity contribution in [2.24, 2.45) is 5.92 Å². The molecule has 1 aromatic carbocycles. The van der Waals surface area contributed by atoms with Crippen LogP contribution in [0.3, 0.4) is 0 Å². The van der Waals surface area contributed by atoms with Crippen LogP contribution in [0.25, 0.3) is 0 Å². The largest absolute Gasteiger partial charge is 0.397 e. The first kappa shape index (κ1) is 12.2. The second kappa shape index (κ2) is 5.36. The smallest absolute Gasteiger partial charge is 0.125 e. The zero-order valence-electron chi connectivity index (χ0n) is 9.82. The van der Waals surface area contributed by atoms with Crippen molar-refractivity contribution in [1.82, 2.24) is 0 Å². The van der Waals surface area contributed by atoms with Gasteiger partial charge in [-0.25, -0.2) is 4.39 Å². The summed E-state index contributed by atoms with van der Waals surface area (Å²) < 4.78 is 13.0. The van der Waals surface area contributed by atoms with Gasteiger partial charge < -0.3 is 16.2 Å². The highest BCUT2D eigenvalue weighted by molar-refractivity contribution is 5.65. The normalized spacial score (nSPS) is 24.6. The minimum Gasteiger partial charge on any atom is -0.397 e. The first-order valence-electron chi connectivity index (χ1n) is 6.14. The number of aliphatic hydroxyl groups excluding tert-OH is 1. The van der Waals surface area contributed by atoms with Gasteiger partial charge in [0.2, 0.25) is 0 Å². The highest BCUT2D eigenvalue weighted by Crippen LogP contribution is 2.26. The average Bonchev–Trinajstić information content (AvgIpc) is 2.32. The highest BCUT2D eigenvalue weighted by Gasteiger charge is 2.22. The van der Waals surface area contributed by atoms with Crippen LogP contribution in [-0.4, -0.2) is 17.8 Å². The maximum atomic E-state index is 13.0. The van der Waals surface area contributed by atoms with Crippen molar-refractivity contribution in [2.45, 2.75) is 31.8 Å². The maximum absolute atomic E-state index is 13.0. The molecule has 1 aromatic rings. The Labute approximate surface area is 101 Å². The summed E-state index contributed by atoms with van der Waals surface area (Å²) in [5, 5.41) is 13.0. The first-order valence-corrected chi connectivity index (χ1v) is 6.14. The minimum atomic E-state index is -0.300. The van der Waals surface area contributed by atoms with Gasteiger partial charge in [0.05, 0.1) is 17.5 Å². The van der Waals surface area contributed by atoms with E-state index in [0.717, 1.165) is 25.7 Å². The molecule has 2 unspecified atom stereocenters. The molecule has 1 fully saturated rings. The topological polar surface area (TPSA) is 58.3 Å². The molecule has 0 bridgehead atoms. The zero-order valence-corrected chi connectivity index (χ0v) is 9.82. The van der Waals surface area contributed by atoms with Crippen LogP contribution < -0.4 is 11.1 Å². The first-order chi connectivity index (χ1) is 8.16. The summed E-state index contributed by atoms with van der Waals surface area (Å²) in [5.41, 5.74) is 6.90. The van der Waals surface area contributed by atoms with Gasteiger partial charge in [0.15, 0.2) is 0 Å². The average molecular weight is 238 g/mol. The molecule has 2 atom stereocenters. The van der Waals surface area contributed by atoms with Crippen molar-refractivity contribution >= 4 is 11.4 Å². The lowest BCUT2D eigenvalue weighted by Gasteiger charge is -2.28. The van der Waals surface area contributed by atoms with Crippen molar-refractivity contribution in [3.05, 3.63) is 24.0 Å². The van der Waals surface area contributed by atoms with Gasteiger partial charge in [-0.05, 0) is 31.0 Å².